The first-order valence-corrected chi connectivity index (χ1v) is 2.98. The van der Waals surface area contributed by atoms with Crippen LogP contribution in [0.3, 0.4) is 0 Å². The fourth-order valence-corrected chi connectivity index (χ4v) is 0.764. The van der Waals surface area contributed by atoms with E-state index in [-0.39, 0.29) is 5.56 Å². The Bertz CT molecular complexity index is 323. The number of carbonyl (C=O) groups is 1. The molecule has 0 aliphatic rings. The lowest BCUT2D eigenvalue weighted by Gasteiger charge is -1.93. The zero-order valence-corrected chi connectivity index (χ0v) is 5.67. The van der Waals surface area contributed by atoms with Gasteiger partial charge in [-0.25, -0.2) is 4.39 Å². The molecule has 0 saturated heterocycles. The lowest BCUT2D eigenvalue weighted by Crippen LogP contribution is -1.85. The molecule has 1 rings (SSSR count). The van der Waals surface area contributed by atoms with E-state index >= 15 is 0 Å². The van der Waals surface area contributed by atoms with E-state index < -0.39 is 5.82 Å². The van der Waals surface area contributed by atoms with Crippen LogP contribution in [0.5, 0.6) is 0 Å². The molecule has 1 aromatic rings. The third kappa shape index (κ3) is 1.65. The van der Waals surface area contributed by atoms with Gasteiger partial charge < -0.3 is 0 Å². The monoisotopic (exact) mass is 148 g/mol. The molecule has 2 heteroatoms. The van der Waals surface area contributed by atoms with Gasteiger partial charge in [-0.1, -0.05) is 5.92 Å². The van der Waals surface area contributed by atoms with E-state index in [1.807, 2.05) is 0 Å². The summed E-state index contributed by atoms with van der Waals surface area (Å²) in [4.78, 5) is 10.2. The molecular weight excluding hydrogens is 143 g/mol. The normalized spacial score (nSPS) is 8.73. The van der Waals surface area contributed by atoms with Gasteiger partial charge in [0, 0.05) is 11.1 Å². The van der Waals surface area contributed by atoms with Gasteiger partial charge in [0.15, 0.2) is 0 Å². The van der Waals surface area contributed by atoms with Crippen LogP contribution in [-0.4, -0.2) is 6.29 Å². The number of carbonyl (C=O) groups excluding carboxylic acids is 1. The van der Waals surface area contributed by atoms with E-state index in [2.05, 4.69) is 5.92 Å². The Morgan fingerprint density at radius 3 is 2.73 bits per heavy atom. The lowest BCUT2D eigenvalue weighted by atomic mass is 10.1. The van der Waals surface area contributed by atoms with E-state index in [0.717, 1.165) is 6.07 Å². The molecule has 11 heavy (non-hydrogen) atoms. The van der Waals surface area contributed by atoms with Gasteiger partial charge in [0.25, 0.3) is 0 Å². The fraction of sp³-hybridized carbons (Fsp3) is 0. The van der Waals surface area contributed by atoms with Crippen LogP contribution in [0, 0.1) is 18.2 Å². The maximum Gasteiger partial charge on any atom is 0.150 e. The van der Waals surface area contributed by atoms with Crippen molar-refractivity contribution in [2.24, 2.45) is 0 Å². The van der Waals surface area contributed by atoms with Gasteiger partial charge in [0.1, 0.15) is 12.1 Å². The highest BCUT2D eigenvalue weighted by Gasteiger charge is 1.96. The fourth-order valence-electron chi connectivity index (χ4n) is 0.764. The molecule has 54 valence electrons. The van der Waals surface area contributed by atoms with Crippen molar-refractivity contribution in [1.29, 1.82) is 0 Å². The van der Waals surface area contributed by atoms with E-state index in [4.69, 9.17) is 6.42 Å². The minimum absolute atomic E-state index is 0.262. The Morgan fingerprint density at radius 1 is 1.45 bits per heavy atom. The van der Waals surface area contributed by atoms with Crippen molar-refractivity contribution < 1.29 is 9.18 Å². The van der Waals surface area contributed by atoms with Crippen LogP contribution in [0.15, 0.2) is 18.2 Å². The third-order valence-corrected chi connectivity index (χ3v) is 1.22. The summed E-state index contributed by atoms with van der Waals surface area (Å²) in [5.41, 5.74) is 0.644. The topological polar surface area (TPSA) is 17.1 Å². The Kier molecular flexibility index (Phi) is 2.03. The van der Waals surface area contributed by atoms with Crippen LogP contribution >= 0.6 is 0 Å². The Labute approximate surface area is 63.9 Å². The second-order valence-corrected chi connectivity index (χ2v) is 2.04. The summed E-state index contributed by atoms with van der Waals surface area (Å²) in [5.74, 6) is 1.76. The maximum absolute atomic E-state index is 12.5. The molecule has 0 atom stereocenters. The van der Waals surface area contributed by atoms with E-state index in [1.165, 1.54) is 12.1 Å². The van der Waals surface area contributed by atoms with E-state index in [0.29, 0.717) is 11.8 Å². The summed E-state index contributed by atoms with van der Waals surface area (Å²) >= 11 is 0. The maximum atomic E-state index is 12.5. The van der Waals surface area contributed by atoms with Crippen molar-refractivity contribution in [3.63, 3.8) is 0 Å². The number of aldehydes is 1. The minimum atomic E-state index is -0.484. The molecule has 1 aromatic carbocycles. The second kappa shape index (κ2) is 2.98. The van der Waals surface area contributed by atoms with Crippen molar-refractivity contribution in [3.8, 4) is 12.3 Å². The molecule has 0 bridgehead atoms. The third-order valence-electron chi connectivity index (χ3n) is 1.22. The van der Waals surface area contributed by atoms with Crippen molar-refractivity contribution in [1.82, 2.24) is 0 Å². The zero-order valence-electron chi connectivity index (χ0n) is 5.67. The van der Waals surface area contributed by atoms with Crippen LogP contribution in [0.4, 0.5) is 4.39 Å². The summed E-state index contributed by atoms with van der Waals surface area (Å²) < 4.78 is 12.5. The summed E-state index contributed by atoms with van der Waals surface area (Å²) in [6, 6.07) is 3.79. The van der Waals surface area contributed by atoms with Crippen molar-refractivity contribution in [2.75, 3.05) is 0 Å². The Morgan fingerprint density at radius 2 is 2.18 bits per heavy atom. The molecular formula is C9H5FO. The van der Waals surface area contributed by atoms with Gasteiger partial charge in [-0.3, -0.25) is 4.79 Å². The summed E-state index contributed by atoms with van der Waals surface area (Å²) in [6.07, 6.45) is 5.57. The molecule has 0 aliphatic carbocycles. The molecule has 0 radical (unpaired) electrons. The standard InChI is InChI=1S/C9H5FO/c1-2-7-3-8(6-11)5-9(10)4-7/h1,3-6H. The molecule has 0 heterocycles. The molecule has 0 aromatic heterocycles. The molecule has 0 spiro atoms. The smallest absolute Gasteiger partial charge is 0.150 e. The molecule has 0 fully saturated rings. The van der Waals surface area contributed by atoms with Gasteiger partial charge in [-0.05, 0) is 18.2 Å². The van der Waals surface area contributed by atoms with Gasteiger partial charge >= 0.3 is 0 Å². The first kappa shape index (κ1) is 7.49. The second-order valence-electron chi connectivity index (χ2n) is 2.04. The van der Waals surface area contributed by atoms with Crippen LogP contribution in [0.25, 0.3) is 0 Å². The zero-order chi connectivity index (χ0) is 8.27. The largest absolute Gasteiger partial charge is 0.298 e. The molecule has 0 N–H and O–H groups in total. The average molecular weight is 148 g/mol. The Balaban J connectivity index is 3.25. The molecule has 0 aliphatic heterocycles. The minimum Gasteiger partial charge on any atom is -0.298 e. The summed E-state index contributed by atoms with van der Waals surface area (Å²) in [5, 5.41) is 0. The highest BCUT2D eigenvalue weighted by atomic mass is 19.1. The van der Waals surface area contributed by atoms with Gasteiger partial charge in [0.05, 0.1) is 0 Å². The van der Waals surface area contributed by atoms with Gasteiger partial charge in [-0.15, -0.1) is 6.42 Å². The Hall–Kier alpha value is -1.62. The molecule has 0 unspecified atom stereocenters. The van der Waals surface area contributed by atoms with Crippen LogP contribution in [-0.2, 0) is 0 Å². The van der Waals surface area contributed by atoms with Crippen molar-refractivity contribution in [3.05, 3.63) is 35.1 Å². The number of benzene rings is 1. The summed E-state index contributed by atoms with van der Waals surface area (Å²) in [7, 11) is 0. The SMILES string of the molecule is C#Cc1cc(F)cc(C=O)c1. The summed E-state index contributed by atoms with van der Waals surface area (Å²) in [6.45, 7) is 0. The van der Waals surface area contributed by atoms with E-state index in [1.54, 1.807) is 0 Å². The van der Waals surface area contributed by atoms with Crippen molar-refractivity contribution in [2.45, 2.75) is 0 Å². The molecule has 1 nitrogen and oxygen atoms in total. The van der Waals surface area contributed by atoms with Crippen LogP contribution in [0.2, 0.25) is 0 Å². The van der Waals surface area contributed by atoms with Gasteiger partial charge in [-0.2, -0.15) is 0 Å². The van der Waals surface area contributed by atoms with Crippen molar-refractivity contribution >= 4 is 6.29 Å². The number of halogens is 1. The molecule has 0 amide bonds. The highest BCUT2D eigenvalue weighted by molar-refractivity contribution is 5.75. The number of hydrogen-bond acceptors (Lipinski definition) is 1. The van der Waals surface area contributed by atoms with Crippen LogP contribution < -0.4 is 0 Å². The highest BCUT2D eigenvalue weighted by Crippen LogP contribution is 2.05. The van der Waals surface area contributed by atoms with Crippen LogP contribution in [0.1, 0.15) is 15.9 Å². The first-order valence-electron chi connectivity index (χ1n) is 2.98. The quantitative estimate of drug-likeness (QED) is 0.437. The predicted octanol–water partition coefficient (Wildman–Crippen LogP) is 1.62. The van der Waals surface area contributed by atoms with E-state index in [9.17, 15) is 9.18 Å². The number of hydrogen-bond donors (Lipinski definition) is 0. The number of rotatable bonds is 1. The first-order chi connectivity index (χ1) is 5.26. The van der Waals surface area contributed by atoms with Gasteiger partial charge in [0.2, 0.25) is 0 Å². The average Bonchev–Trinajstić information content (AvgIpc) is 2.03. The number of terminal acetylenes is 1. The molecule has 0 saturated carbocycles. The predicted molar refractivity (Wildman–Crippen MR) is 39.7 cm³/mol. The lowest BCUT2D eigenvalue weighted by molar-refractivity contribution is 0.112.